The molecule has 0 radical (unpaired) electrons. The minimum atomic E-state index is -0.969. The minimum absolute atomic E-state index is 0.120. The molecule has 1 aromatic rings. The highest BCUT2D eigenvalue weighted by atomic mass is 16.5. The first-order valence-corrected chi connectivity index (χ1v) is 8.28. The Morgan fingerprint density at radius 1 is 1.23 bits per heavy atom. The first-order valence-electron chi connectivity index (χ1n) is 8.28. The Morgan fingerprint density at radius 2 is 1.85 bits per heavy atom. The standard InChI is InChI=1S/C17H28N6O3/c1-11(2)7-15(17(25)22-26)16(24)21-14-5-3-12(4-6-14)9-23(20)10-13(19)8-18/h3-6,10-11,15,26H,7-9,18-20H2,1-2H3,(H,21,24)(H,22,25)/b13-10-. The zero-order valence-electron chi connectivity index (χ0n) is 15.1. The lowest BCUT2D eigenvalue weighted by Gasteiger charge is -2.17. The highest BCUT2D eigenvalue weighted by Gasteiger charge is 2.27. The van der Waals surface area contributed by atoms with Gasteiger partial charge < -0.3 is 21.8 Å². The Hall–Kier alpha value is -2.62. The van der Waals surface area contributed by atoms with Crippen LogP contribution in [0.2, 0.25) is 0 Å². The van der Waals surface area contributed by atoms with Gasteiger partial charge in [0.1, 0.15) is 5.92 Å². The van der Waals surface area contributed by atoms with Crippen molar-refractivity contribution in [3.05, 3.63) is 41.7 Å². The molecule has 144 valence electrons. The molecule has 1 aromatic carbocycles. The normalized spacial score (nSPS) is 12.6. The molecule has 26 heavy (non-hydrogen) atoms. The quantitative estimate of drug-likeness (QED) is 0.158. The van der Waals surface area contributed by atoms with Crippen LogP contribution in [0.25, 0.3) is 0 Å². The molecule has 0 aromatic heterocycles. The van der Waals surface area contributed by atoms with Gasteiger partial charge in [-0.1, -0.05) is 26.0 Å². The van der Waals surface area contributed by atoms with Crippen LogP contribution in [0.3, 0.4) is 0 Å². The molecular formula is C17H28N6O3. The van der Waals surface area contributed by atoms with E-state index in [-0.39, 0.29) is 12.5 Å². The average Bonchev–Trinajstić information content (AvgIpc) is 2.60. The molecule has 1 atom stereocenters. The number of amides is 2. The molecule has 0 aliphatic carbocycles. The number of benzene rings is 1. The molecule has 9 heteroatoms. The van der Waals surface area contributed by atoms with E-state index < -0.39 is 17.7 Å². The van der Waals surface area contributed by atoms with Crippen LogP contribution in [0.1, 0.15) is 25.8 Å². The van der Waals surface area contributed by atoms with Gasteiger partial charge in [-0.05, 0) is 30.0 Å². The second kappa shape index (κ2) is 10.4. The number of hydroxylamine groups is 1. The maximum Gasteiger partial charge on any atom is 0.255 e. The third-order valence-corrected chi connectivity index (χ3v) is 3.60. The predicted octanol–water partition coefficient (Wildman–Crippen LogP) is 0.227. The van der Waals surface area contributed by atoms with Crippen molar-refractivity contribution in [2.45, 2.75) is 26.8 Å². The number of nitrogens with zero attached hydrogens (tertiary/aromatic N) is 1. The first kappa shape index (κ1) is 21.4. The summed E-state index contributed by atoms with van der Waals surface area (Å²) in [5, 5.41) is 12.9. The lowest BCUT2D eigenvalue weighted by atomic mass is 9.95. The SMILES string of the molecule is CC(C)CC(C(=O)NO)C(=O)Nc1ccc(CN(N)/C=C(\N)CN)cc1. The van der Waals surface area contributed by atoms with Gasteiger partial charge in [0, 0.05) is 24.1 Å². The van der Waals surface area contributed by atoms with Crippen LogP contribution in [-0.2, 0) is 16.1 Å². The van der Waals surface area contributed by atoms with Crippen molar-refractivity contribution in [1.82, 2.24) is 10.5 Å². The van der Waals surface area contributed by atoms with Crippen LogP contribution in [0.4, 0.5) is 5.69 Å². The number of hydrogen-bond acceptors (Lipinski definition) is 7. The smallest absolute Gasteiger partial charge is 0.255 e. The number of hydrazine groups is 1. The van der Waals surface area contributed by atoms with E-state index in [0.29, 0.717) is 24.4 Å². The van der Waals surface area contributed by atoms with Gasteiger partial charge in [0.25, 0.3) is 5.91 Å². The summed E-state index contributed by atoms with van der Waals surface area (Å²) in [6, 6.07) is 7.01. The van der Waals surface area contributed by atoms with Crippen molar-refractivity contribution in [2.75, 3.05) is 11.9 Å². The summed E-state index contributed by atoms with van der Waals surface area (Å²) in [5.74, 6) is 3.77. The molecule has 1 rings (SSSR count). The van der Waals surface area contributed by atoms with Crippen molar-refractivity contribution < 1.29 is 14.8 Å². The summed E-state index contributed by atoms with van der Waals surface area (Å²) < 4.78 is 0. The second-order valence-corrected chi connectivity index (χ2v) is 6.42. The number of carbonyl (C=O) groups is 2. The van der Waals surface area contributed by atoms with E-state index in [0.717, 1.165) is 5.56 Å². The van der Waals surface area contributed by atoms with Crippen LogP contribution in [-0.4, -0.2) is 28.6 Å². The Bertz CT molecular complexity index is 630. The number of carbonyl (C=O) groups excluding carboxylic acids is 2. The van der Waals surface area contributed by atoms with E-state index >= 15 is 0 Å². The van der Waals surface area contributed by atoms with Crippen molar-refractivity contribution >= 4 is 17.5 Å². The van der Waals surface area contributed by atoms with E-state index in [1.165, 1.54) is 5.01 Å². The summed E-state index contributed by atoms with van der Waals surface area (Å²) in [4.78, 5) is 24.0. The topological polar surface area (TPSA) is 160 Å². The van der Waals surface area contributed by atoms with Crippen molar-refractivity contribution in [3.63, 3.8) is 0 Å². The highest BCUT2D eigenvalue weighted by molar-refractivity contribution is 6.06. The van der Waals surface area contributed by atoms with Gasteiger partial charge in [0.15, 0.2) is 0 Å². The molecule has 0 fully saturated rings. The maximum atomic E-state index is 12.3. The highest BCUT2D eigenvalue weighted by Crippen LogP contribution is 2.16. The molecule has 0 spiro atoms. The van der Waals surface area contributed by atoms with E-state index in [2.05, 4.69) is 5.32 Å². The molecule has 1 unspecified atom stereocenters. The van der Waals surface area contributed by atoms with E-state index in [1.54, 1.807) is 35.9 Å². The fourth-order valence-electron chi connectivity index (χ4n) is 2.33. The molecular weight excluding hydrogens is 336 g/mol. The van der Waals surface area contributed by atoms with Crippen molar-refractivity contribution in [2.24, 2.45) is 29.1 Å². The van der Waals surface area contributed by atoms with Gasteiger partial charge in [0.05, 0.1) is 6.54 Å². The van der Waals surface area contributed by atoms with Gasteiger partial charge in [-0.15, -0.1) is 0 Å². The molecule has 9 nitrogen and oxygen atoms in total. The number of rotatable bonds is 9. The van der Waals surface area contributed by atoms with Gasteiger partial charge in [-0.3, -0.25) is 14.8 Å². The molecule has 0 bridgehead atoms. The third-order valence-electron chi connectivity index (χ3n) is 3.60. The number of nitrogens with one attached hydrogen (secondary N) is 2. The van der Waals surface area contributed by atoms with Gasteiger partial charge in [-0.25, -0.2) is 11.3 Å². The Balaban J connectivity index is 2.73. The Morgan fingerprint density at radius 3 is 2.35 bits per heavy atom. The molecule has 0 aliphatic rings. The molecule has 0 saturated heterocycles. The average molecular weight is 364 g/mol. The largest absolute Gasteiger partial charge is 0.400 e. The van der Waals surface area contributed by atoms with Crippen LogP contribution in [0.15, 0.2) is 36.2 Å². The first-order chi connectivity index (χ1) is 12.3. The van der Waals surface area contributed by atoms with Gasteiger partial charge >= 0.3 is 0 Å². The summed E-state index contributed by atoms with van der Waals surface area (Å²) in [6.45, 7) is 4.42. The van der Waals surface area contributed by atoms with Gasteiger partial charge in [-0.2, -0.15) is 0 Å². The van der Waals surface area contributed by atoms with Crippen LogP contribution >= 0.6 is 0 Å². The Labute approximate surface area is 153 Å². The van der Waals surface area contributed by atoms with E-state index in [9.17, 15) is 9.59 Å². The number of anilines is 1. The Kier molecular flexibility index (Phi) is 8.56. The molecule has 0 aliphatic heterocycles. The molecule has 9 N–H and O–H groups in total. The summed E-state index contributed by atoms with van der Waals surface area (Å²) in [5.41, 5.74) is 14.5. The lowest BCUT2D eigenvalue weighted by molar-refractivity contribution is -0.139. The molecule has 0 heterocycles. The molecule has 2 amide bonds. The monoisotopic (exact) mass is 364 g/mol. The summed E-state index contributed by atoms with van der Waals surface area (Å²) >= 11 is 0. The van der Waals surface area contributed by atoms with E-state index in [4.69, 9.17) is 22.5 Å². The minimum Gasteiger partial charge on any atom is -0.400 e. The number of nitrogens with two attached hydrogens (primary N) is 3. The van der Waals surface area contributed by atoms with Crippen LogP contribution in [0.5, 0.6) is 0 Å². The predicted molar refractivity (Wildman–Crippen MR) is 99.0 cm³/mol. The van der Waals surface area contributed by atoms with Crippen LogP contribution in [0, 0.1) is 11.8 Å². The van der Waals surface area contributed by atoms with E-state index in [1.807, 2.05) is 13.8 Å². The summed E-state index contributed by atoms with van der Waals surface area (Å²) in [6.07, 6.45) is 1.88. The maximum absolute atomic E-state index is 12.3. The second-order valence-electron chi connectivity index (χ2n) is 6.42. The fourth-order valence-corrected chi connectivity index (χ4v) is 2.33. The lowest BCUT2D eigenvalue weighted by Crippen LogP contribution is -2.37. The van der Waals surface area contributed by atoms with Crippen LogP contribution < -0.4 is 28.1 Å². The number of hydrogen-bond donors (Lipinski definition) is 6. The fraction of sp³-hybridized carbons (Fsp3) is 0.412. The van der Waals surface area contributed by atoms with Crippen molar-refractivity contribution in [3.8, 4) is 0 Å². The zero-order valence-corrected chi connectivity index (χ0v) is 15.1. The van der Waals surface area contributed by atoms with Gasteiger partial charge in [0.2, 0.25) is 5.91 Å². The molecule has 0 saturated carbocycles. The third kappa shape index (κ3) is 7.09. The zero-order chi connectivity index (χ0) is 19.7. The van der Waals surface area contributed by atoms with Crippen molar-refractivity contribution in [1.29, 1.82) is 0 Å². The summed E-state index contributed by atoms with van der Waals surface area (Å²) in [7, 11) is 0.